The predicted octanol–water partition coefficient (Wildman–Crippen LogP) is 12.5. The minimum atomic E-state index is 0.0283. The molecule has 6 nitrogen and oxygen atoms in total. The molecule has 0 spiro atoms. The number of nitriles is 1. The lowest BCUT2D eigenvalue weighted by atomic mass is 9.49. The molecule has 8 saturated carbocycles. The van der Waals surface area contributed by atoms with E-state index in [2.05, 4.69) is 118 Å². The fraction of sp³-hybridized carbons (Fsp3) is 0.370. The molecule has 8 fully saturated rings. The third-order valence-corrected chi connectivity index (χ3v) is 16.8. The molecule has 0 amide bonds. The van der Waals surface area contributed by atoms with Crippen molar-refractivity contribution in [2.45, 2.75) is 87.9 Å². The van der Waals surface area contributed by atoms with E-state index in [1.54, 1.807) is 0 Å². The van der Waals surface area contributed by atoms with Gasteiger partial charge >= 0.3 is 0 Å². The summed E-state index contributed by atoms with van der Waals surface area (Å²) < 4.78 is 4.84. The first-order chi connectivity index (χ1) is 29.5. The first-order valence-corrected chi connectivity index (χ1v) is 22.8. The Balaban J connectivity index is 1.02. The van der Waals surface area contributed by atoms with E-state index in [9.17, 15) is 5.26 Å². The average Bonchev–Trinajstić information content (AvgIpc) is 3.78. The van der Waals surface area contributed by atoms with Crippen LogP contribution < -0.4 is 0 Å². The van der Waals surface area contributed by atoms with Gasteiger partial charge < -0.3 is 9.13 Å². The second kappa shape index (κ2) is 12.2. The maximum Gasteiger partial charge on any atom is 0.165 e. The minimum absolute atomic E-state index is 0.0283. The van der Waals surface area contributed by atoms with Crippen LogP contribution in [0.4, 0.5) is 0 Å². The van der Waals surface area contributed by atoms with Gasteiger partial charge in [0.1, 0.15) is 11.6 Å². The highest BCUT2D eigenvalue weighted by Crippen LogP contribution is 2.62. The summed E-state index contributed by atoms with van der Waals surface area (Å²) in [6, 6.07) is 41.9. The maximum atomic E-state index is 10.5. The molecule has 0 radical (unpaired) electrons. The zero-order valence-corrected chi connectivity index (χ0v) is 34.0. The highest BCUT2D eigenvalue weighted by molar-refractivity contribution is 6.12. The quantitative estimate of drug-likeness (QED) is 0.174. The van der Waals surface area contributed by atoms with Gasteiger partial charge in [0.05, 0.1) is 39.4 Å². The van der Waals surface area contributed by atoms with Crippen LogP contribution in [-0.2, 0) is 10.8 Å². The molecule has 8 aromatic rings. The van der Waals surface area contributed by atoms with E-state index in [0.717, 1.165) is 81.0 Å². The molecule has 0 saturated heterocycles. The van der Waals surface area contributed by atoms with Crippen LogP contribution in [-0.4, -0.2) is 24.1 Å². The van der Waals surface area contributed by atoms with E-state index < -0.39 is 0 Å². The van der Waals surface area contributed by atoms with Crippen molar-refractivity contribution in [1.82, 2.24) is 24.1 Å². The standard InChI is InChI=1S/C54H48N6/c55-31-32-13-16-48(60-47-12-6-3-9-42(47)43-15-14-39(24-49(43)60)59-45-10-4-1-7-40(45)41-8-2-5-11-46(41)59)44(23-32)50-56-51(53-25-33-17-34(26-53)19-35(18-33)27-53)58-52(57-50)54-28-36-20-37(29-54)22-38(21-36)30-54/h1-16,23-24,33-38H,17-22,25-30H2. The van der Waals surface area contributed by atoms with E-state index >= 15 is 0 Å². The number of para-hydroxylation sites is 3. The number of aromatic nitrogens is 5. The van der Waals surface area contributed by atoms with Crippen molar-refractivity contribution in [2.24, 2.45) is 35.5 Å². The fourth-order valence-corrected chi connectivity index (χ4v) is 15.3. The van der Waals surface area contributed by atoms with Crippen molar-refractivity contribution in [3.63, 3.8) is 0 Å². The third-order valence-electron chi connectivity index (χ3n) is 16.8. The van der Waals surface area contributed by atoms with Crippen LogP contribution in [0.15, 0.2) is 109 Å². The Kier molecular flexibility index (Phi) is 6.88. The Morgan fingerprint density at radius 1 is 0.467 bits per heavy atom. The molecule has 3 heterocycles. The van der Waals surface area contributed by atoms with E-state index in [0.29, 0.717) is 5.56 Å². The molecule has 8 aliphatic rings. The fourth-order valence-electron chi connectivity index (χ4n) is 15.3. The first kappa shape index (κ1) is 34.0. The zero-order chi connectivity index (χ0) is 39.3. The molecule has 8 aliphatic carbocycles. The summed E-state index contributed by atoms with van der Waals surface area (Å²) in [5.74, 6) is 7.64. The van der Waals surface area contributed by atoms with Crippen LogP contribution in [0.25, 0.3) is 66.4 Å². The summed E-state index contributed by atoms with van der Waals surface area (Å²) in [5, 5.41) is 15.4. The Hall–Kier alpha value is -5.80. The topological polar surface area (TPSA) is 72.3 Å². The van der Waals surface area contributed by atoms with E-state index in [4.69, 9.17) is 15.0 Å². The lowest BCUT2D eigenvalue weighted by molar-refractivity contribution is -0.0155. The summed E-state index contributed by atoms with van der Waals surface area (Å²) in [4.78, 5) is 17.2. The van der Waals surface area contributed by atoms with Gasteiger partial charge in [0.25, 0.3) is 0 Å². The normalized spacial score (nSPS) is 30.0. The molecule has 60 heavy (non-hydrogen) atoms. The van der Waals surface area contributed by atoms with Crippen LogP contribution in [0.1, 0.15) is 94.3 Å². The second-order valence-corrected chi connectivity index (χ2v) is 20.5. The monoisotopic (exact) mass is 780 g/mol. The Morgan fingerprint density at radius 2 is 0.917 bits per heavy atom. The van der Waals surface area contributed by atoms with Crippen molar-refractivity contribution in [3.05, 3.63) is 126 Å². The van der Waals surface area contributed by atoms with Gasteiger partial charge in [-0.1, -0.05) is 60.7 Å². The van der Waals surface area contributed by atoms with Crippen LogP contribution in [0.2, 0.25) is 0 Å². The largest absolute Gasteiger partial charge is 0.309 e. The first-order valence-electron chi connectivity index (χ1n) is 22.8. The van der Waals surface area contributed by atoms with Gasteiger partial charge in [-0.3, -0.25) is 0 Å². The lowest BCUT2D eigenvalue weighted by Gasteiger charge is -2.57. The Labute approximate surface area is 350 Å². The van der Waals surface area contributed by atoms with E-state index in [1.165, 1.54) is 110 Å². The summed E-state index contributed by atoms with van der Waals surface area (Å²) in [6.45, 7) is 0. The van der Waals surface area contributed by atoms with Crippen molar-refractivity contribution in [2.75, 3.05) is 0 Å². The third kappa shape index (κ3) is 4.78. The van der Waals surface area contributed by atoms with E-state index in [1.807, 2.05) is 6.07 Å². The van der Waals surface area contributed by atoms with Crippen molar-refractivity contribution in [1.29, 1.82) is 5.26 Å². The molecule has 6 heteroatoms. The van der Waals surface area contributed by atoms with Gasteiger partial charge in [-0.25, -0.2) is 15.0 Å². The molecular formula is C54H48N6. The van der Waals surface area contributed by atoms with Crippen molar-refractivity contribution < 1.29 is 0 Å². The van der Waals surface area contributed by atoms with Crippen molar-refractivity contribution >= 4 is 43.6 Å². The van der Waals surface area contributed by atoms with Crippen LogP contribution >= 0.6 is 0 Å². The average molecular weight is 781 g/mol. The molecule has 294 valence electrons. The lowest BCUT2D eigenvalue weighted by Crippen LogP contribution is -2.51. The van der Waals surface area contributed by atoms with Gasteiger partial charge in [-0.2, -0.15) is 5.26 Å². The summed E-state index contributed by atoms with van der Waals surface area (Å²) in [5.41, 5.74) is 8.39. The molecule has 8 bridgehead atoms. The molecule has 0 unspecified atom stereocenters. The van der Waals surface area contributed by atoms with Gasteiger partial charge in [-0.05, 0) is 161 Å². The second-order valence-electron chi connectivity index (χ2n) is 20.5. The molecule has 3 aromatic heterocycles. The number of benzene rings is 5. The smallest absolute Gasteiger partial charge is 0.165 e. The molecule has 0 aliphatic heterocycles. The van der Waals surface area contributed by atoms with Crippen LogP contribution in [0.3, 0.4) is 0 Å². The number of hydrogen-bond acceptors (Lipinski definition) is 4. The van der Waals surface area contributed by atoms with Crippen LogP contribution in [0.5, 0.6) is 0 Å². The summed E-state index contributed by atoms with van der Waals surface area (Å²) in [7, 11) is 0. The number of rotatable bonds is 5. The highest BCUT2D eigenvalue weighted by atomic mass is 15.1. The summed E-state index contributed by atoms with van der Waals surface area (Å²) >= 11 is 0. The van der Waals surface area contributed by atoms with Gasteiger partial charge in [0.15, 0.2) is 5.82 Å². The highest BCUT2D eigenvalue weighted by Gasteiger charge is 2.56. The molecule has 5 aromatic carbocycles. The Morgan fingerprint density at radius 3 is 1.40 bits per heavy atom. The summed E-state index contributed by atoms with van der Waals surface area (Å²) in [6.07, 6.45) is 15.6. The SMILES string of the molecule is N#Cc1ccc(-n2c3ccccc3c3ccc(-n4c5ccccc5c5ccccc54)cc32)c(-c2nc(C34CC5CC(CC(C5)C3)C4)nc(C34CC5CC(CC(C5)C3)C4)n2)c1. The maximum absolute atomic E-state index is 10.5. The van der Waals surface area contributed by atoms with Gasteiger partial charge in [0.2, 0.25) is 0 Å². The molecule has 16 rings (SSSR count). The minimum Gasteiger partial charge on any atom is -0.309 e. The van der Waals surface area contributed by atoms with Gasteiger partial charge in [-0.15, -0.1) is 0 Å². The van der Waals surface area contributed by atoms with Crippen molar-refractivity contribution in [3.8, 4) is 28.8 Å². The number of hydrogen-bond donors (Lipinski definition) is 0. The van der Waals surface area contributed by atoms with Gasteiger partial charge in [0, 0.05) is 43.6 Å². The number of fused-ring (bicyclic) bond motifs is 6. The molecule has 0 N–H and O–H groups in total. The molecular weight excluding hydrogens is 733 g/mol. The van der Waals surface area contributed by atoms with E-state index in [-0.39, 0.29) is 10.8 Å². The Bertz CT molecular complexity index is 2970. The zero-order valence-electron chi connectivity index (χ0n) is 34.0. The predicted molar refractivity (Wildman–Crippen MR) is 238 cm³/mol. The molecule has 0 atom stereocenters. The number of nitrogens with zero attached hydrogens (tertiary/aromatic N) is 6. The van der Waals surface area contributed by atoms with Crippen LogP contribution in [0, 0.1) is 46.8 Å².